The van der Waals surface area contributed by atoms with Crippen molar-refractivity contribution in [2.75, 3.05) is 13.1 Å². The van der Waals surface area contributed by atoms with E-state index in [1.807, 2.05) is 0 Å². The van der Waals surface area contributed by atoms with Crippen molar-refractivity contribution in [2.24, 2.45) is 0 Å². The van der Waals surface area contributed by atoms with E-state index in [1.165, 1.54) is 5.57 Å². The van der Waals surface area contributed by atoms with E-state index in [-0.39, 0.29) is 16.9 Å². The van der Waals surface area contributed by atoms with Crippen LogP contribution in [-0.4, -0.2) is 35.8 Å². The number of piperidine rings is 1. The summed E-state index contributed by atoms with van der Waals surface area (Å²) in [6, 6.07) is -0.521. The Morgan fingerprint density at radius 3 is 2.95 bits per heavy atom. The van der Waals surface area contributed by atoms with E-state index >= 15 is 0 Å². The van der Waals surface area contributed by atoms with E-state index in [2.05, 4.69) is 13.0 Å². The smallest absolute Gasteiger partial charge is 0.334 e. The van der Waals surface area contributed by atoms with Crippen molar-refractivity contribution in [1.82, 2.24) is 4.90 Å². The Hall–Kier alpha value is -1.46. The van der Waals surface area contributed by atoms with Crippen LogP contribution in [0.2, 0.25) is 0 Å². The van der Waals surface area contributed by atoms with Crippen molar-refractivity contribution in [3.8, 4) is 0 Å². The molecule has 2 aliphatic heterocycles. The molecule has 5 nitrogen and oxygen atoms in total. The Labute approximate surface area is 118 Å². The third-order valence-electron chi connectivity index (χ3n) is 4.61. The highest BCUT2D eigenvalue weighted by Crippen LogP contribution is 2.33. The summed E-state index contributed by atoms with van der Waals surface area (Å²) in [7, 11) is 0. The molecule has 0 spiro atoms. The van der Waals surface area contributed by atoms with E-state index in [0.717, 1.165) is 30.4 Å². The number of rotatable bonds is 2. The topological polar surface area (TPSA) is 64.9 Å². The van der Waals surface area contributed by atoms with E-state index < -0.39 is 6.04 Å². The number of quaternary nitrogens is 1. The molecule has 0 saturated carbocycles. The molecule has 1 aliphatic carbocycles. The van der Waals surface area contributed by atoms with Crippen LogP contribution < -0.4 is 5.06 Å². The summed E-state index contributed by atoms with van der Waals surface area (Å²) >= 11 is 0. The van der Waals surface area contributed by atoms with Crippen LogP contribution in [0.4, 0.5) is 0 Å². The maximum absolute atomic E-state index is 12.5. The summed E-state index contributed by atoms with van der Waals surface area (Å²) in [5.74, 6) is -0.399. The Kier molecular flexibility index (Phi) is 3.48. The molecule has 0 bridgehead atoms. The maximum Gasteiger partial charge on any atom is 0.334 e. The molecule has 0 aromatic heterocycles. The number of nitrogens with zero attached hydrogens (tertiary/aromatic N) is 1. The summed E-state index contributed by atoms with van der Waals surface area (Å²) < 4.78 is 0. The van der Waals surface area contributed by atoms with Crippen molar-refractivity contribution in [2.45, 2.75) is 45.1 Å². The number of hydrogen-bond acceptors (Lipinski definition) is 3. The Balaban J connectivity index is 1.81. The van der Waals surface area contributed by atoms with Gasteiger partial charge in [0.2, 0.25) is 0 Å². The summed E-state index contributed by atoms with van der Waals surface area (Å²) in [6.07, 6.45) is 6.17. The third kappa shape index (κ3) is 2.11. The summed E-state index contributed by atoms with van der Waals surface area (Å²) in [5, 5.41) is 11.3. The Morgan fingerprint density at radius 1 is 1.40 bits per heavy atom. The van der Waals surface area contributed by atoms with Gasteiger partial charge in [0.25, 0.3) is 5.91 Å². The molecule has 20 heavy (non-hydrogen) atoms. The fourth-order valence-corrected chi connectivity index (χ4v) is 3.39. The maximum atomic E-state index is 12.5. The monoisotopic (exact) mass is 276 g/mol. The van der Waals surface area contributed by atoms with Gasteiger partial charge in [-0.15, -0.1) is 0 Å². The van der Waals surface area contributed by atoms with Gasteiger partial charge in [-0.05, 0) is 37.7 Å². The van der Waals surface area contributed by atoms with Gasteiger partial charge in [0, 0.05) is 12.1 Å². The normalized spacial score (nSPS) is 30.7. The molecule has 0 aromatic rings. The van der Waals surface area contributed by atoms with Crippen LogP contribution >= 0.6 is 0 Å². The first-order chi connectivity index (χ1) is 9.61. The first kappa shape index (κ1) is 13.5. The minimum atomic E-state index is -0.521. The molecule has 5 heteroatoms. The summed E-state index contributed by atoms with van der Waals surface area (Å²) in [6.45, 7) is 2.96. The van der Waals surface area contributed by atoms with Gasteiger partial charge < -0.3 is 15.2 Å². The lowest BCUT2D eigenvalue weighted by Crippen LogP contribution is -3.13. The molecule has 108 valence electrons. The predicted molar refractivity (Wildman–Crippen MR) is 73.6 cm³/mol. The molecule has 0 aromatic carbocycles. The second-order valence-electron chi connectivity index (χ2n) is 5.79. The minimum Gasteiger partial charge on any atom is -0.627 e. The molecule has 3 aliphatic rings. The van der Waals surface area contributed by atoms with Crippen molar-refractivity contribution in [3.63, 3.8) is 0 Å². The van der Waals surface area contributed by atoms with Crippen LogP contribution in [0, 0.1) is 5.21 Å². The van der Waals surface area contributed by atoms with Crippen LogP contribution in [0.3, 0.4) is 0 Å². The lowest BCUT2D eigenvalue weighted by atomic mass is 9.93. The molecule has 2 unspecified atom stereocenters. The van der Waals surface area contributed by atoms with Crippen LogP contribution in [0.15, 0.2) is 22.8 Å². The molecule has 2 heterocycles. The Bertz CT molecular complexity index is 521. The first-order valence-electron chi connectivity index (χ1n) is 7.41. The molecule has 1 N–H and O–H groups in total. The molecule has 1 fully saturated rings. The van der Waals surface area contributed by atoms with Gasteiger partial charge in [0.15, 0.2) is 0 Å². The second kappa shape index (κ2) is 5.14. The van der Waals surface area contributed by atoms with Gasteiger partial charge in [0.1, 0.15) is 6.04 Å². The molecule has 0 radical (unpaired) electrons. The standard InChI is InChI=1S/C15H20N2O3/c1-2-10-5-6-12-11(8-10)9-16(14(12)18)13-4-3-7-17(20)15(13)19/h8,13,17H,2-7,9H2,1H3. The van der Waals surface area contributed by atoms with Gasteiger partial charge in [-0.25, -0.2) is 4.79 Å². The van der Waals surface area contributed by atoms with Crippen molar-refractivity contribution in [3.05, 3.63) is 28.0 Å². The lowest BCUT2D eigenvalue weighted by molar-refractivity contribution is -0.770. The third-order valence-corrected chi connectivity index (χ3v) is 4.61. The predicted octanol–water partition coefficient (Wildman–Crippen LogP) is 0.327. The number of nitrogens with one attached hydrogen (secondary N) is 1. The lowest BCUT2D eigenvalue weighted by Gasteiger charge is -2.34. The molecule has 2 amide bonds. The number of carbonyl (C=O) groups excluding carboxylic acids is 2. The zero-order valence-corrected chi connectivity index (χ0v) is 11.8. The van der Waals surface area contributed by atoms with Crippen LogP contribution in [0.5, 0.6) is 0 Å². The van der Waals surface area contributed by atoms with Crippen molar-refractivity contribution >= 4 is 11.8 Å². The fourth-order valence-electron chi connectivity index (χ4n) is 3.39. The highest BCUT2D eigenvalue weighted by Gasteiger charge is 2.41. The molecule has 3 rings (SSSR count). The van der Waals surface area contributed by atoms with E-state index in [0.29, 0.717) is 25.9 Å². The zero-order chi connectivity index (χ0) is 14.3. The van der Waals surface area contributed by atoms with E-state index in [9.17, 15) is 14.8 Å². The highest BCUT2D eigenvalue weighted by molar-refractivity contribution is 6.00. The number of carbonyl (C=O) groups is 2. The van der Waals surface area contributed by atoms with Crippen LogP contribution in [0.1, 0.15) is 39.0 Å². The molecule has 1 saturated heterocycles. The van der Waals surface area contributed by atoms with E-state index in [4.69, 9.17) is 0 Å². The van der Waals surface area contributed by atoms with Crippen molar-refractivity contribution in [1.29, 1.82) is 0 Å². The Morgan fingerprint density at radius 2 is 2.20 bits per heavy atom. The van der Waals surface area contributed by atoms with E-state index in [1.54, 1.807) is 4.90 Å². The van der Waals surface area contributed by atoms with Gasteiger partial charge in [-0.1, -0.05) is 18.6 Å². The van der Waals surface area contributed by atoms with Gasteiger partial charge >= 0.3 is 5.91 Å². The van der Waals surface area contributed by atoms with Crippen LogP contribution in [-0.2, 0) is 9.59 Å². The van der Waals surface area contributed by atoms with Gasteiger partial charge in [0.05, 0.1) is 6.54 Å². The molecular formula is C15H20N2O3. The second-order valence-corrected chi connectivity index (χ2v) is 5.79. The highest BCUT2D eigenvalue weighted by atomic mass is 16.5. The average Bonchev–Trinajstić information content (AvgIpc) is 2.78. The van der Waals surface area contributed by atoms with Gasteiger partial charge in [-0.2, -0.15) is 0 Å². The van der Waals surface area contributed by atoms with Crippen LogP contribution in [0.25, 0.3) is 0 Å². The summed E-state index contributed by atoms with van der Waals surface area (Å²) in [5.41, 5.74) is 3.28. The van der Waals surface area contributed by atoms with Crippen molar-refractivity contribution < 1.29 is 14.7 Å². The molecule has 2 atom stereocenters. The average molecular weight is 276 g/mol. The first-order valence-corrected chi connectivity index (χ1v) is 7.41. The zero-order valence-electron chi connectivity index (χ0n) is 11.8. The number of amides is 2. The van der Waals surface area contributed by atoms with Gasteiger partial charge in [-0.3, -0.25) is 4.79 Å². The quantitative estimate of drug-likeness (QED) is 0.739. The largest absolute Gasteiger partial charge is 0.627 e. The number of hydroxylamine groups is 2. The number of allylic oxidation sites excluding steroid dienone is 1. The molecular weight excluding hydrogens is 256 g/mol. The summed E-state index contributed by atoms with van der Waals surface area (Å²) in [4.78, 5) is 26.1. The minimum absolute atomic E-state index is 0.0283. The fraction of sp³-hybridized carbons (Fsp3) is 0.600. The number of hydrogen-bond donors (Lipinski definition) is 1. The SMILES string of the molecule is CCC1=CC2=C(CC1)C(=O)N(C1CCC[NH+]([O-])C1=O)C2.